The van der Waals surface area contributed by atoms with Crippen molar-refractivity contribution in [1.29, 1.82) is 0 Å². The molecule has 2 aromatic carbocycles. The molecule has 1 N–H and O–H groups in total. The number of hydrogen-bond acceptors (Lipinski definition) is 8. The van der Waals surface area contributed by atoms with Crippen molar-refractivity contribution < 1.29 is 27.2 Å². The summed E-state index contributed by atoms with van der Waals surface area (Å²) in [6.45, 7) is -0.0844. The third kappa shape index (κ3) is 3.44. The van der Waals surface area contributed by atoms with Gasteiger partial charge < -0.3 is 18.7 Å². The summed E-state index contributed by atoms with van der Waals surface area (Å²) in [6.07, 6.45) is 0. The number of nitrogens with one attached hydrogen (secondary N) is 1. The smallest absolute Gasteiger partial charge is 0.242 e. The molecule has 0 radical (unpaired) electrons. The van der Waals surface area contributed by atoms with Crippen molar-refractivity contribution in [2.75, 3.05) is 13.9 Å². The zero-order valence-electron chi connectivity index (χ0n) is 14.2. The van der Waals surface area contributed by atoms with Gasteiger partial charge in [-0.15, -0.1) is 0 Å². The van der Waals surface area contributed by atoms with Crippen molar-refractivity contribution in [2.24, 2.45) is 0 Å². The lowest BCUT2D eigenvalue weighted by Gasteiger charge is -2.05. The van der Waals surface area contributed by atoms with Gasteiger partial charge in [0.05, 0.1) is 24.1 Å². The highest BCUT2D eigenvalue weighted by molar-refractivity contribution is 7.89. The van der Waals surface area contributed by atoms with E-state index in [9.17, 15) is 8.42 Å². The molecule has 1 aromatic heterocycles. The largest absolute Gasteiger partial charge is 0.496 e. The molecule has 2 heterocycles. The summed E-state index contributed by atoms with van der Waals surface area (Å²) in [5, 5.41) is 3.88. The summed E-state index contributed by atoms with van der Waals surface area (Å²) in [7, 11) is -2.25. The predicted octanol–water partition coefficient (Wildman–Crippen LogP) is 1.95. The monoisotopic (exact) mass is 389 g/mol. The molecule has 10 heteroatoms. The Balaban J connectivity index is 1.50. The summed E-state index contributed by atoms with van der Waals surface area (Å²) < 4.78 is 48.1. The molecule has 0 spiro atoms. The number of methoxy groups -OCH3 is 1. The molecular formula is C17H15N3O6S. The summed E-state index contributed by atoms with van der Waals surface area (Å²) in [6, 6.07) is 11.6. The van der Waals surface area contributed by atoms with E-state index in [4.69, 9.17) is 18.7 Å². The van der Waals surface area contributed by atoms with Crippen LogP contribution in [0.5, 0.6) is 17.2 Å². The van der Waals surface area contributed by atoms with Crippen LogP contribution in [0, 0.1) is 0 Å². The number of rotatable bonds is 6. The normalized spacial score (nSPS) is 12.9. The van der Waals surface area contributed by atoms with Gasteiger partial charge in [-0.25, -0.2) is 13.1 Å². The Morgan fingerprint density at radius 2 is 1.96 bits per heavy atom. The zero-order chi connectivity index (χ0) is 18.9. The molecule has 0 bridgehead atoms. The van der Waals surface area contributed by atoms with Gasteiger partial charge in [-0.05, 0) is 24.3 Å². The topological polar surface area (TPSA) is 113 Å². The van der Waals surface area contributed by atoms with Crippen molar-refractivity contribution in [2.45, 2.75) is 11.4 Å². The molecule has 27 heavy (non-hydrogen) atoms. The van der Waals surface area contributed by atoms with Gasteiger partial charge in [-0.2, -0.15) is 4.98 Å². The maximum absolute atomic E-state index is 12.5. The Labute approximate surface area is 154 Å². The minimum absolute atomic E-state index is 0.0521. The first-order valence-corrected chi connectivity index (χ1v) is 9.40. The van der Waals surface area contributed by atoms with Crippen LogP contribution in [0.1, 0.15) is 5.89 Å². The number of hydrogen-bond donors (Lipinski definition) is 1. The third-order valence-corrected chi connectivity index (χ3v) is 5.28. The Bertz CT molecular complexity index is 1080. The van der Waals surface area contributed by atoms with Crippen molar-refractivity contribution in [1.82, 2.24) is 14.9 Å². The van der Waals surface area contributed by atoms with Gasteiger partial charge in [0.15, 0.2) is 11.5 Å². The molecule has 0 aliphatic carbocycles. The number of aromatic nitrogens is 2. The van der Waals surface area contributed by atoms with E-state index in [-0.39, 0.29) is 24.1 Å². The Morgan fingerprint density at radius 3 is 2.81 bits per heavy atom. The molecule has 0 saturated heterocycles. The fourth-order valence-electron chi connectivity index (χ4n) is 2.55. The van der Waals surface area contributed by atoms with Gasteiger partial charge in [-0.3, -0.25) is 0 Å². The lowest BCUT2D eigenvalue weighted by molar-refractivity contribution is 0.174. The first kappa shape index (κ1) is 17.3. The van der Waals surface area contributed by atoms with E-state index in [1.165, 1.54) is 12.1 Å². The highest BCUT2D eigenvalue weighted by atomic mass is 32.2. The second-order valence-electron chi connectivity index (χ2n) is 5.55. The highest BCUT2D eigenvalue weighted by Crippen LogP contribution is 2.33. The average molecular weight is 389 g/mol. The number of ether oxygens (including phenoxy) is 3. The van der Waals surface area contributed by atoms with Crippen LogP contribution in [0.15, 0.2) is 51.9 Å². The molecule has 3 aromatic rings. The molecular weight excluding hydrogens is 374 g/mol. The van der Waals surface area contributed by atoms with Crippen LogP contribution in [-0.2, 0) is 16.6 Å². The number of sulfonamides is 1. The van der Waals surface area contributed by atoms with Gasteiger partial charge in [-0.1, -0.05) is 17.3 Å². The maximum atomic E-state index is 12.5. The van der Waals surface area contributed by atoms with Crippen molar-refractivity contribution >= 4 is 10.0 Å². The number of nitrogens with zero attached hydrogens (tertiary/aromatic N) is 2. The van der Waals surface area contributed by atoms with Crippen LogP contribution < -0.4 is 18.9 Å². The molecule has 140 valence electrons. The first-order chi connectivity index (χ1) is 13.1. The molecule has 9 nitrogen and oxygen atoms in total. The highest BCUT2D eigenvalue weighted by Gasteiger charge is 2.21. The zero-order valence-corrected chi connectivity index (χ0v) is 15.0. The summed E-state index contributed by atoms with van der Waals surface area (Å²) in [4.78, 5) is 4.27. The van der Waals surface area contributed by atoms with Gasteiger partial charge in [0.2, 0.25) is 28.5 Å². The quantitative estimate of drug-likeness (QED) is 0.681. The predicted molar refractivity (Wildman–Crippen MR) is 92.9 cm³/mol. The fourth-order valence-corrected chi connectivity index (χ4v) is 3.54. The minimum atomic E-state index is -3.79. The second kappa shape index (κ2) is 6.89. The van der Waals surface area contributed by atoms with Crippen molar-refractivity contribution in [3.63, 3.8) is 0 Å². The number of para-hydroxylation sites is 1. The Hall–Kier alpha value is -3.11. The van der Waals surface area contributed by atoms with E-state index in [0.29, 0.717) is 28.6 Å². The van der Waals surface area contributed by atoms with E-state index >= 15 is 0 Å². The SMILES string of the molecule is COc1ccccc1-c1noc(CNS(=O)(=O)c2ccc3c(c2)OCO3)n1. The lowest BCUT2D eigenvalue weighted by Crippen LogP contribution is -2.23. The molecule has 0 atom stereocenters. The van der Waals surface area contributed by atoms with Gasteiger partial charge in [0.25, 0.3) is 0 Å². The number of fused-ring (bicyclic) bond motifs is 1. The molecule has 0 unspecified atom stereocenters. The average Bonchev–Trinajstić information content (AvgIpc) is 3.35. The minimum Gasteiger partial charge on any atom is -0.496 e. The van der Waals surface area contributed by atoms with Gasteiger partial charge >= 0.3 is 0 Å². The third-order valence-electron chi connectivity index (χ3n) is 3.88. The fraction of sp³-hybridized carbons (Fsp3) is 0.176. The maximum Gasteiger partial charge on any atom is 0.242 e. The molecule has 1 aliphatic rings. The summed E-state index contributed by atoms with van der Waals surface area (Å²) >= 11 is 0. The van der Waals surface area contributed by atoms with Crippen LogP contribution in [0.3, 0.4) is 0 Å². The van der Waals surface area contributed by atoms with E-state index < -0.39 is 10.0 Å². The van der Waals surface area contributed by atoms with Crippen molar-refractivity contribution in [3.8, 4) is 28.6 Å². The van der Waals surface area contributed by atoms with Crippen LogP contribution in [0.4, 0.5) is 0 Å². The van der Waals surface area contributed by atoms with Crippen LogP contribution >= 0.6 is 0 Å². The lowest BCUT2D eigenvalue weighted by atomic mass is 10.2. The first-order valence-electron chi connectivity index (χ1n) is 7.92. The molecule has 4 rings (SSSR count). The van der Waals surface area contributed by atoms with Crippen molar-refractivity contribution in [3.05, 3.63) is 48.4 Å². The molecule has 0 fully saturated rings. The van der Waals surface area contributed by atoms with E-state index in [2.05, 4.69) is 14.9 Å². The Morgan fingerprint density at radius 1 is 1.15 bits per heavy atom. The van der Waals surface area contributed by atoms with E-state index in [1.54, 1.807) is 25.3 Å². The molecule has 0 saturated carbocycles. The Kier molecular flexibility index (Phi) is 4.42. The molecule has 1 aliphatic heterocycles. The summed E-state index contributed by atoms with van der Waals surface area (Å²) in [5.74, 6) is 1.91. The number of benzene rings is 2. The van der Waals surface area contributed by atoms with E-state index in [0.717, 1.165) is 0 Å². The van der Waals surface area contributed by atoms with Crippen LogP contribution in [-0.4, -0.2) is 32.5 Å². The van der Waals surface area contributed by atoms with E-state index in [1.807, 2.05) is 12.1 Å². The van der Waals surface area contributed by atoms with Crippen LogP contribution in [0.2, 0.25) is 0 Å². The summed E-state index contributed by atoms with van der Waals surface area (Å²) in [5.41, 5.74) is 0.647. The molecule has 0 amide bonds. The van der Waals surface area contributed by atoms with Gasteiger partial charge in [0.1, 0.15) is 5.75 Å². The standard InChI is InChI=1S/C17H15N3O6S/c1-23-13-5-3-2-4-12(13)17-19-16(26-20-17)9-18-27(21,22)11-6-7-14-15(8-11)25-10-24-14/h2-8,18H,9-10H2,1H3. The van der Waals surface area contributed by atoms with Crippen LogP contribution in [0.25, 0.3) is 11.4 Å². The second-order valence-corrected chi connectivity index (χ2v) is 7.32. The van der Waals surface area contributed by atoms with Gasteiger partial charge in [0, 0.05) is 6.07 Å².